The van der Waals surface area contributed by atoms with Gasteiger partial charge in [-0.1, -0.05) is 48.0 Å². The van der Waals surface area contributed by atoms with Crippen LogP contribution in [0.5, 0.6) is 0 Å². The van der Waals surface area contributed by atoms with Crippen molar-refractivity contribution in [2.75, 3.05) is 11.9 Å². The highest BCUT2D eigenvalue weighted by molar-refractivity contribution is 7.17. The molecule has 28 heavy (non-hydrogen) atoms. The molecule has 0 spiro atoms. The molecule has 0 radical (unpaired) electrons. The van der Waals surface area contributed by atoms with E-state index < -0.39 is 0 Å². The lowest BCUT2D eigenvalue weighted by Gasteiger charge is -2.08. The van der Waals surface area contributed by atoms with E-state index in [4.69, 9.17) is 4.98 Å². The van der Waals surface area contributed by atoms with Crippen LogP contribution in [0.15, 0.2) is 54.7 Å². The van der Waals surface area contributed by atoms with Gasteiger partial charge in [0.1, 0.15) is 0 Å². The van der Waals surface area contributed by atoms with Crippen LogP contribution in [-0.4, -0.2) is 22.3 Å². The summed E-state index contributed by atoms with van der Waals surface area (Å²) in [4.78, 5) is 21.7. The summed E-state index contributed by atoms with van der Waals surface area (Å²) in [5.41, 5.74) is 6.72. The van der Waals surface area contributed by atoms with E-state index in [-0.39, 0.29) is 5.91 Å². The third-order valence-electron chi connectivity index (χ3n) is 5.18. The van der Waals surface area contributed by atoms with Crippen LogP contribution in [0.1, 0.15) is 21.7 Å². The van der Waals surface area contributed by atoms with Crippen LogP contribution < -0.4 is 4.90 Å². The lowest BCUT2D eigenvalue weighted by molar-refractivity contribution is -0.112. The average molecular weight is 385 g/mol. The van der Waals surface area contributed by atoms with Gasteiger partial charge in [-0.25, -0.2) is 4.98 Å². The second-order valence-corrected chi connectivity index (χ2v) is 8.36. The van der Waals surface area contributed by atoms with E-state index in [1.165, 1.54) is 10.4 Å². The zero-order valence-corrected chi connectivity index (χ0v) is 16.7. The minimum atomic E-state index is 0.0120. The summed E-state index contributed by atoms with van der Waals surface area (Å²) in [6.07, 6.45) is 4.08. The largest absolute Gasteiger partial charge is 0.311 e. The van der Waals surface area contributed by atoms with Crippen LogP contribution in [0.4, 0.5) is 5.69 Å². The molecule has 0 bridgehead atoms. The Morgan fingerprint density at radius 2 is 1.79 bits per heavy atom. The Morgan fingerprint density at radius 1 is 1.04 bits per heavy atom. The van der Waals surface area contributed by atoms with Crippen molar-refractivity contribution < 1.29 is 4.79 Å². The third-order valence-corrected chi connectivity index (χ3v) is 6.07. The van der Waals surface area contributed by atoms with Gasteiger partial charge < -0.3 is 4.90 Å². The molecular formula is C23H19N3OS. The van der Waals surface area contributed by atoms with Crippen LogP contribution >= 0.6 is 11.3 Å². The van der Waals surface area contributed by atoms with Gasteiger partial charge >= 0.3 is 0 Å². The summed E-state index contributed by atoms with van der Waals surface area (Å²) in [5.74, 6) is 0.0120. The van der Waals surface area contributed by atoms with Gasteiger partial charge in [0.2, 0.25) is 0 Å². The van der Waals surface area contributed by atoms with Crippen LogP contribution in [0, 0.1) is 13.8 Å². The van der Waals surface area contributed by atoms with Gasteiger partial charge in [0.05, 0.1) is 22.6 Å². The molecule has 5 heteroatoms. The van der Waals surface area contributed by atoms with Gasteiger partial charge in [-0.15, -0.1) is 11.3 Å². The second kappa shape index (κ2) is 6.17. The van der Waals surface area contributed by atoms with E-state index >= 15 is 0 Å². The minimum absolute atomic E-state index is 0.0120. The van der Waals surface area contributed by atoms with E-state index in [2.05, 4.69) is 48.7 Å². The number of imidazole rings is 1. The summed E-state index contributed by atoms with van der Waals surface area (Å²) in [7, 11) is 1.82. The molecule has 3 heterocycles. The Morgan fingerprint density at radius 3 is 2.57 bits per heavy atom. The first-order valence-electron chi connectivity index (χ1n) is 9.17. The number of carbonyl (C=O) groups is 1. The number of para-hydroxylation sites is 1. The summed E-state index contributed by atoms with van der Waals surface area (Å²) < 4.78 is 2.09. The van der Waals surface area contributed by atoms with E-state index in [0.29, 0.717) is 5.57 Å². The van der Waals surface area contributed by atoms with Crippen LogP contribution in [0.25, 0.3) is 27.9 Å². The van der Waals surface area contributed by atoms with Gasteiger partial charge in [-0.2, -0.15) is 0 Å². The van der Waals surface area contributed by atoms with Gasteiger partial charge in [0.25, 0.3) is 5.91 Å². The van der Waals surface area contributed by atoms with Crippen molar-refractivity contribution in [2.24, 2.45) is 0 Å². The highest BCUT2D eigenvalue weighted by Crippen LogP contribution is 2.38. The van der Waals surface area contributed by atoms with Gasteiger partial charge in [0, 0.05) is 29.2 Å². The van der Waals surface area contributed by atoms with E-state index in [9.17, 15) is 4.79 Å². The predicted octanol–water partition coefficient (Wildman–Crippen LogP) is 5.20. The zero-order valence-electron chi connectivity index (χ0n) is 15.9. The van der Waals surface area contributed by atoms with Crippen LogP contribution in [-0.2, 0) is 4.79 Å². The van der Waals surface area contributed by atoms with Gasteiger partial charge in [-0.05, 0) is 26.0 Å². The molecule has 0 N–H and O–H groups in total. The number of aryl methyl sites for hydroxylation is 2. The summed E-state index contributed by atoms with van der Waals surface area (Å²) in [6.45, 7) is 4.15. The number of hydrogen-bond donors (Lipinski definition) is 0. The predicted molar refractivity (Wildman–Crippen MR) is 116 cm³/mol. The van der Waals surface area contributed by atoms with Crippen molar-refractivity contribution in [2.45, 2.75) is 13.8 Å². The molecule has 1 aliphatic heterocycles. The Balaban J connectivity index is 1.77. The number of anilines is 1. The molecule has 0 atom stereocenters. The summed E-state index contributed by atoms with van der Waals surface area (Å²) in [5, 5.41) is 0. The van der Waals surface area contributed by atoms with E-state index in [0.717, 1.165) is 33.2 Å². The van der Waals surface area contributed by atoms with Crippen LogP contribution in [0.3, 0.4) is 0 Å². The molecule has 2 aromatic heterocycles. The minimum Gasteiger partial charge on any atom is -0.311 e. The molecule has 1 aliphatic rings. The van der Waals surface area contributed by atoms with E-state index in [1.54, 1.807) is 16.2 Å². The monoisotopic (exact) mass is 385 g/mol. The maximum Gasteiger partial charge on any atom is 0.258 e. The molecule has 0 saturated heterocycles. The normalized spacial score (nSPS) is 15.0. The van der Waals surface area contributed by atoms with Crippen molar-refractivity contribution in [1.82, 2.24) is 9.38 Å². The number of likely N-dealkylation sites (N-methyl/N-ethyl adjacent to an activating group) is 1. The SMILES string of the molecule is Cc1ccc(-c2nc3sc(C)cn3c2/C=C2/C(=O)N(C)c3ccccc32)cc1. The standard InChI is InChI=1S/C23H19N3OS/c1-14-8-10-16(11-9-14)21-20(26-13-15(2)28-23(26)24-21)12-18-17-6-4-5-7-19(17)25(3)22(18)27/h4-13H,1-3H3/b18-12+. The molecule has 138 valence electrons. The molecule has 1 amide bonds. The quantitative estimate of drug-likeness (QED) is 0.445. The van der Waals surface area contributed by atoms with Crippen LogP contribution in [0.2, 0.25) is 0 Å². The first-order chi connectivity index (χ1) is 13.5. The van der Waals surface area contributed by atoms with Crippen molar-refractivity contribution in [3.8, 4) is 11.3 Å². The number of benzene rings is 2. The first-order valence-corrected chi connectivity index (χ1v) is 9.99. The molecular weight excluding hydrogens is 366 g/mol. The van der Waals surface area contributed by atoms with Crippen molar-refractivity contribution >= 4 is 39.5 Å². The molecule has 0 aliphatic carbocycles. The lowest BCUT2D eigenvalue weighted by atomic mass is 10.0. The number of amides is 1. The number of hydrogen-bond acceptors (Lipinski definition) is 3. The van der Waals surface area contributed by atoms with Crippen molar-refractivity contribution in [3.63, 3.8) is 0 Å². The van der Waals surface area contributed by atoms with Gasteiger partial charge in [-0.3, -0.25) is 9.20 Å². The number of rotatable bonds is 2. The first kappa shape index (κ1) is 17.0. The molecule has 0 unspecified atom stereocenters. The lowest BCUT2D eigenvalue weighted by Crippen LogP contribution is -2.20. The molecule has 0 saturated carbocycles. The maximum atomic E-state index is 13.0. The Kier molecular flexibility index (Phi) is 3.74. The number of nitrogens with zero attached hydrogens (tertiary/aromatic N) is 3. The zero-order chi connectivity index (χ0) is 19.4. The number of fused-ring (bicyclic) bond motifs is 2. The Labute approximate surface area is 167 Å². The third kappa shape index (κ3) is 2.51. The van der Waals surface area contributed by atoms with Crippen molar-refractivity contribution in [1.29, 1.82) is 0 Å². The number of aromatic nitrogens is 2. The molecule has 2 aromatic carbocycles. The highest BCUT2D eigenvalue weighted by Gasteiger charge is 2.30. The molecule has 0 fully saturated rings. The fourth-order valence-electron chi connectivity index (χ4n) is 3.71. The number of carbonyl (C=O) groups excluding carboxylic acids is 1. The van der Waals surface area contributed by atoms with Crippen molar-refractivity contribution in [3.05, 3.63) is 76.4 Å². The average Bonchev–Trinajstić information content (AvgIpc) is 3.29. The fraction of sp³-hybridized carbons (Fsp3) is 0.130. The Bertz CT molecular complexity index is 1260. The number of thiazole rings is 1. The smallest absolute Gasteiger partial charge is 0.258 e. The summed E-state index contributed by atoms with van der Waals surface area (Å²) in [6, 6.07) is 16.3. The van der Waals surface area contributed by atoms with E-state index in [1.807, 2.05) is 37.4 Å². The fourth-order valence-corrected chi connectivity index (χ4v) is 4.54. The molecule has 5 rings (SSSR count). The maximum absolute atomic E-state index is 13.0. The van der Waals surface area contributed by atoms with Gasteiger partial charge in [0.15, 0.2) is 4.96 Å². The topological polar surface area (TPSA) is 37.6 Å². The Hall–Kier alpha value is -3.18. The summed E-state index contributed by atoms with van der Waals surface area (Å²) >= 11 is 1.66. The highest BCUT2D eigenvalue weighted by atomic mass is 32.1. The molecule has 4 nitrogen and oxygen atoms in total. The second-order valence-electron chi connectivity index (χ2n) is 7.15. The molecule has 4 aromatic rings.